The smallest absolute Gasteiger partial charge is 0.427 e. The molecular formula is C26H21F5N2OS. The molecule has 0 atom stereocenters. The summed E-state index contributed by atoms with van der Waals surface area (Å²) in [7, 11) is 0. The lowest BCUT2D eigenvalue weighted by Gasteiger charge is -2.26. The van der Waals surface area contributed by atoms with E-state index >= 15 is 0 Å². The van der Waals surface area contributed by atoms with E-state index in [9.17, 15) is 22.0 Å². The number of benzene rings is 2. The number of alkyl halides is 2. The Morgan fingerprint density at radius 3 is 2.31 bits per heavy atom. The van der Waals surface area contributed by atoms with Crippen LogP contribution in [0.4, 0.5) is 22.0 Å². The first-order valence-electron chi connectivity index (χ1n) is 11.3. The molecule has 0 N–H and O–H groups in total. The molecule has 3 nitrogen and oxygen atoms in total. The average Bonchev–Trinajstić information content (AvgIpc) is 3.28. The third-order valence-corrected chi connectivity index (χ3v) is 7.48. The Balaban J connectivity index is 1.37. The number of thiazole rings is 1. The molecule has 4 aromatic rings. The van der Waals surface area contributed by atoms with E-state index in [1.807, 2.05) is 12.3 Å². The Bertz CT molecular complexity index is 1340. The summed E-state index contributed by atoms with van der Waals surface area (Å²) in [6.45, 7) is 2.28. The Morgan fingerprint density at radius 2 is 1.66 bits per heavy atom. The van der Waals surface area contributed by atoms with Crippen LogP contribution < -0.4 is 4.74 Å². The lowest BCUT2D eigenvalue weighted by molar-refractivity contribution is -0.185. The van der Waals surface area contributed by atoms with Crippen LogP contribution in [0.1, 0.15) is 49.1 Å². The molecule has 35 heavy (non-hydrogen) atoms. The van der Waals surface area contributed by atoms with Gasteiger partial charge in [0, 0.05) is 23.9 Å². The van der Waals surface area contributed by atoms with E-state index < -0.39 is 34.3 Å². The molecule has 2 heterocycles. The second kappa shape index (κ2) is 9.18. The first-order chi connectivity index (χ1) is 16.7. The minimum Gasteiger partial charge on any atom is -0.427 e. The van der Waals surface area contributed by atoms with E-state index in [-0.39, 0.29) is 0 Å². The number of rotatable bonds is 5. The molecule has 0 amide bonds. The summed E-state index contributed by atoms with van der Waals surface area (Å²) in [6.07, 6.45) is 2.67. The zero-order chi connectivity index (χ0) is 24.7. The number of ether oxygens (including phenoxy) is 1. The van der Waals surface area contributed by atoms with E-state index in [1.165, 1.54) is 18.4 Å². The number of pyridine rings is 1. The maximum Gasteiger partial charge on any atom is 0.454 e. The molecule has 0 aliphatic heterocycles. The topological polar surface area (TPSA) is 35.0 Å². The number of fused-ring (bicyclic) bond motifs is 1. The fourth-order valence-corrected chi connectivity index (χ4v) is 5.32. The summed E-state index contributed by atoms with van der Waals surface area (Å²) in [4.78, 5) is 8.52. The van der Waals surface area contributed by atoms with Gasteiger partial charge in [-0.15, -0.1) is 11.3 Å². The van der Waals surface area contributed by atoms with Gasteiger partial charge in [0.05, 0.1) is 15.9 Å². The van der Waals surface area contributed by atoms with Crippen LogP contribution >= 0.6 is 11.3 Å². The molecule has 1 aliphatic rings. The molecule has 1 fully saturated rings. The number of hydrogen-bond acceptors (Lipinski definition) is 4. The third kappa shape index (κ3) is 4.87. The van der Waals surface area contributed by atoms with Crippen LogP contribution in [0.15, 0.2) is 48.7 Å². The van der Waals surface area contributed by atoms with Crippen LogP contribution in [-0.2, 0) is 6.11 Å². The van der Waals surface area contributed by atoms with Crippen molar-refractivity contribution < 1.29 is 26.7 Å². The highest BCUT2D eigenvalue weighted by molar-refractivity contribution is 7.18. The molecule has 2 aromatic carbocycles. The number of halogens is 5. The van der Waals surface area contributed by atoms with Gasteiger partial charge < -0.3 is 4.74 Å². The largest absolute Gasteiger partial charge is 0.454 e. The first kappa shape index (κ1) is 23.7. The van der Waals surface area contributed by atoms with Crippen LogP contribution in [-0.4, -0.2) is 9.97 Å². The third-order valence-electron chi connectivity index (χ3n) is 6.41. The van der Waals surface area contributed by atoms with Gasteiger partial charge in [0.1, 0.15) is 5.75 Å². The highest BCUT2D eigenvalue weighted by Gasteiger charge is 2.39. The van der Waals surface area contributed by atoms with E-state index in [4.69, 9.17) is 0 Å². The summed E-state index contributed by atoms with van der Waals surface area (Å²) in [6, 6.07) is 9.81. The van der Waals surface area contributed by atoms with Crippen molar-refractivity contribution in [1.29, 1.82) is 0 Å². The molecular weight excluding hydrogens is 483 g/mol. The van der Waals surface area contributed by atoms with Gasteiger partial charge in [-0.3, -0.25) is 4.98 Å². The Kier molecular flexibility index (Phi) is 6.21. The van der Waals surface area contributed by atoms with E-state index in [0.717, 1.165) is 30.0 Å². The van der Waals surface area contributed by atoms with Gasteiger partial charge in [-0.1, -0.05) is 31.9 Å². The second-order valence-corrected chi connectivity index (χ2v) is 9.99. The summed E-state index contributed by atoms with van der Waals surface area (Å²) in [5.74, 6) is -4.57. The maximum atomic E-state index is 14.7. The van der Waals surface area contributed by atoms with Gasteiger partial charge in [-0.2, -0.15) is 8.78 Å². The summed E-state index contributed by atoms with van der Waals surface area (Å²) < 4.78 is 74.2. The minimum atomic E-state index is -3.97. The number of nitrogens with zero attached hydrogens (tertiary/aromatic N) is 2. The molecule has 9 heteroatoms. The van der Waals surface area contributed by atoms with Gasteiger partial charge in [0.2, 0.25) is 5.01 Å². The molecule has 0 unspecified atom stereocenters. The Morgan fingerprint density at radius 1 is 0.943 bits per heavy atom. The van der Waals surface area contributed by atoms with Gasteiger partial charge in [-0.05, 0) is 48.4 Å². The van der Waals surface area contributed by atoms with Crippen molar-refractivity contribution in [2.24, 2.45) is 5.92 Å². The molecule has 0 saturated heterocycles. The standard InChI is InChI=1S/C26H21F5N2OS/c1-14-2-4-15(5-3-14)17-7-8-21(32-13-17)16-6-9-22-23(10-16)35-25(33-22)26(30,31)34-18-11-19(27)24(29)20(28)12-18/h6-15H,2-5H2,1H3. The van der Waals surface area contributed by atoms with Crippen LogP contribution in [0, 0.1) is 23.4 Å². The van der Waals surface area contributed by atoms with Crippen LogP contribution in [0.25, 0.3) is 21.5 Å². The van der Waals surface area contributed by atoms with Crippen molar-refractivity contribution in [3.8, 4) is 17.0 Å². The van der Waals surface area contributed by atoms with Crippen molar-refractivity contribution in [2.75, 3.05) is 0 Å². The van der Waals surface area contributed by atoms with Crippen molar-refractivity contribution >= 4 is 21.6 Å². The zero-order valence-corrected chi connectivity index (χ0v) is 19.5. The van der Waals surface area contributed by atoms with Crippen LogP contribution in [0.5, 0.6) is 5.75 Å². The van der Waals surface area contributed by atoms with Crippen LogP contribution in [0.2, 0.25) is 0 Å². The van der Waals surface area contributed by atoms with Crippen LogP contribution in [0.3, 0.4) is 0 Å². The minimum absolute atomic E-state index is 0.321. The molecule has 2 aromatic heterocycles. The second-order valence-electron chi connectivity index (χ2n) is 8.95. The molecule has 0 spiro atoms. The van der Waals surface area contributed by atoms with Gasteiger partial charge >= 0.3 is 6.11 Å². The van der Waals surface area contributed by atoms with Gasteiger partial charge in [-0.25, -0.2) is 18.2 Å². The average molecular weight is 505 g/mol. The van der Waals surface area contributed by atoms with Gasteiger partial charge in [0.25, 0.3) is 0 Å². The predicted molar refractivity (Wildman–Crippen MR) is 124 cm³/mol. The lowest BCUT2D eigenvalue weighted by Crippen LogP contribution is -2.21. The molecule has 1 saturated carbocycles. The fourth-order valence-electron chi connectivity index (χ4n) is 4.40. The highest BCUT2D eigenvalue weighted by Crippen LogP contribution is 2.39. The first-order valence-corrected chi connectivity index (χ1v) is 12.1. The molecule has 182 valence electrons. The monoisotopic (exact) mass is 504 g/mol. The SMILES string of the molecule is CC1CCC(c2ccc(-c3ccc4nc(C(F)(F)Oc5cc(F)c(F)c(F)c5)sc4c3)nc2)CC1. The van der Waals surface area contributed by atoms with Crippen molar-refractivity contribution in [2.45, 2.75) is 44.6 Å². The highest BCUT2D eigenvalue weighted by atomic mass is 32.1. The molecule has 5 rings (SSSR count). The molecule has 1 aliphatic carbocycles. The molecule has 0 bridgehead atoms. The van der Waals surface area contributed by atoms with E-state index in [1.54, 1.807) is 18.2 Å². The predicted octanol–water partition coefficient (Wildman–Crippen LogP) is 8.20. The lowest BCUT2D eigenvalue weighted by atomic mass is 9.80. The quantitative estimate of drug-likeness (QED) is 0.203. The maximum absolute atomic E-state index is 14.7. The summed E-state index contributed by atoms with van der Waals surface area (Å²) >= 11 is 0.694. The number of hydrogen-bond donors (Lipinski definition) is 0. The fraction of sp³-hybridized carbons (Fsp3) is 0.308. The Hall–Kier alpha value is -3.07. The molecule has 0 radical (unpaired) electrons. The number of aromatic nitrogens is 2. The van der Waals surface area contributed by atoms with Crippen molar-refractivity contribution in [1.82, 2.24) is 9.97 Å². The van der Waals surface area contributed by atoms with Crippen molar-refractivity contribution in [3.05, 3.63) is 76.7 Å². The normalized spacial score (nSPS) is 18.7. The van der Waals surface area contributed by atoms with E-state index in [2.05, 4.69) is 27.7 Å². The van der Waals surface area contributed by atoms with Gasteiger partial charge in [0.15, 0.2) is 17.5 Å². The van der Waals surface area contributed by atoms with E-state index in [0.29, 0.717) is 39.6 Å². The Labute approximate surface area is 202 Å². The summed E-state index contributed by atoms with van der Waals surface area (Å²) in [5, 5.41) is -0.690. The van der Waals surface area contributed by atoms with Crippen molar-refractivity contribution in [3.63, 3.8) is 0 Å². The summed E-state index contributed by atoms with van der Waals surface area (Å²) in [5.41, 5.74) is 3.01. The zero-order valence-electron chi connectivity index (χ0n) is 18.7.